The van der Waals surface area contributed by atoms with Gasteiger partial charge in [-0.3, -0.25) is 0 Å². The first-order valence-electron chi connectivity index (χ1n) is 7.58. The fourth-order valence-corrected chi connectivity index (χ4v) is 3.36. The van der Waals surface area contributed by atoms with Crippen LogP contribution in [0.2, 0.25) is 0 Å². The highest BCUT2D eigenvalue weighted by atomic mass is 16.5. The largest absolute Gasteiger partial charge is 0.382 e. The summed E-state index contributed by atoms with van der Waals surface area (Å²) < 4.78 is 10.8. The second-order valence-electron chi connectivity index (χ2n) is 5.85. The van der Waals surface area contributed by atoms with E-state index in [4.69, 9.17) is 15.2 Å². The molecule has 2 rings (SSSR count). The van der Waals surface area contributed by atoms with Gasteiger partial charge < -0.3 is 15.2 Å². The van der Waals surface area contributed by atoms with Crippen LogP contribution in [-0.2, 0) is 14.9 Å². The maximum Gasteiger partial charge on any atom is 0.105 e. The zero-order valence-electron chi connectivity index (χ0n) is 12.7. The summed E-state index contributed by atoms with van der Waals surface area (Å²) in [6.07, 6.45) is 6.31. The highest BCUT2D eigenvalue weighted by Gasteiger charge is 2.32. The van der Waals surface area contributed by atoms with Crippen molar-refractivity contribution in [2.24, 2.45) is 5.73 Å². The Morgan fingerprint density at radius 1 is 1.20 bits per heavy atom. The number of rotatable bonds is 6. The Labute approximate surface area is 122 Å². The van der Waals surface area contributed by atoms with Crippen LogP contribution in [0.4, 0.5) is 0 Å². The Balaban J connectivity index is 2.27. The molecule has 1 unspecified atom stereocenters. The van der Waals surface area contributed by atoms with E-state index in [1.807, 2.05) is 0 Å². The van der Waals surface area contributed by atoms with E-state index in [9.17, 15) is 0 Å². The molecule has 1 saturated carbocycles. The maximum absolute atomic E-state index is 6.13. The molecule has 0 bridgehead atoms. The van der Waals surface area contributed by atoms with Crippen molar-refractivity contribution in [3.8, 4) is 0 Å². The average molecular weight is 277 g/mol. The lowest BCUT2D eigenvalue weighted by atomic mass is 9.69. The van der Waals surface area contributed by atoms with Gasteiger partial charge in [0.1, 0.15) is 6.10 Å². The average Bonchev–Trinajstić information content (AvgIpc) is 2.53. The minimum atomic E-state index is -0.00151. The molecule has 1 aromatic carbocycles. The monoisotopic (exact) mass is 277 g/mol. The number of methoxy groups -OCH3 is 2. The Bertz CT molecular complexity index is 413. The summed E-state index contributed by atoms with van der Waals surface area (Å²) >= 11 is 0. The van der Waals surface area contributed by atoms with Crippen LogP contribution in [0.5, 0.6) is 0 Å². The van der Waals surface area contributed by atoms with Gasteiger partial charge >= 0.3 is 0 Å². The van der Waals surface area contributed by atoms with E-state index < -0.39 is 0 Å². The Hall–Kier alpha value is -0.900. The maximum atomic E-state index is 6.13. The zero-order valence-corrected chi connectivity index (χ0v) is 12.7. The normalized spacial score (nSPS) is 19.8. The number of ether oxygens (including phenoxy) is 2. The summed E-state index contributed by atoms with van der Waals surface area (Å²) in [6, 6.07) is 8.73. The van der Waals surface area contributed by atoms with Gasteiger partial charge in [0.15, 0.2) is 0 Å². The third-order valence-electron chi connectivity index (χ3n) is 4.67. The van der Waals surface area contributed by atoms with Gasteiger partial charge in [-0.25, -0.2) is 0 Å². The van der Waals surface area contributed by atoms with E-state index in [1.165, 1.54) is 43.2 Å². The van der Waals surface area contributed by atoms with Crippen molar-refractivity contribution in [1.29, 1.82) is 0 Å². The summed E-state index contributed by atoms with van der Waals surface area (Å²) in [6.45, 7) is 1.31. The Kier molecular flexibility index (Phi) is 5.58. The van der Waals surface area contributed by atoms with Gasteiger partial charge in [-0.2, -0.15) is 0 Å². The molecule has 20 heavy (non-hydrogen) atoms. The van der Waals surface area contributed by atoms with Crippen molar-refractivity contribution in [2.75, 3.05) is 27.4 Å². The number of nitrogens with two attached hydrogens (primary N) is 1. The van der Waals surface area contributed by atoms with Gasteiger partial charge in [-0.15, -0.1) is 0 Å². The molecule has 0 amide bonds. The van der Waals surface area contributed by atoms with Gasteiger partial charge in [0.25, 0.3) is 0 Å². The fourth-order valence-electron chi connectivity index (χ4n) is 3.36. The first-order chi connectivity index (χ1) is 9.75. The predicted octanol–water partition coefficient (Wildman–Crippen LogP) is 3.18. The molecule has 0 aromatic heterocycles. The van der Waals surface area contributed by atoms with Crippen molar-refractivity contribution in [1.82, 2.24) is 0 Å². The second kappa shape index (κ2) is 7.21. The molecule has 0 aliphatic heterocycles. The molecule has 3 heteroatoms. The molecule has 3 nitrogen and oxygen atoms in total. The van der Waals surface area contributed by atoms with Gasteiger partial charge in [-0.1, -0.05) is 43.5 Å². The van der Waals surface area contributed by atoms with Crippen molar-refractivity contribution in [2.45, 2.75) is 43.6 Å². The third-order valence-corrected chi connectivity index (χ3v) is 4.67. The van der Waals surface area contributed by atoms with Crippen LogP contribution in [0, 0.1) is 0 Å². The lowest BCUT2D eigenvalue weighted by Crippen LogP contribution is -2.37. The van der Waals surface area contributed by atoms with Crippen LogP contribution in [-0.4, -0.2) is 27.4 Å². The highest BCUT2D eigenvalue weighted by Crippen LogP contribution is 2.39. The van der Waals surface area contributed by atoms with E-state index in [1.54, 1.807) is 14.2 Å². The standard InChI is InChI=1S/C17H27NO2/c1-19-12-16(20-2)14-7-6-8-15(11-14)17(13-18)9-4-3-5-10-17/h6-8,11,16H,3-5,9-10,12-13,18H2,1-2H3. The molecule has 0 spiro atoms. The molecule has 2 N–H and O–H groups in total. The Morgan fingerprint density at radius 2 is 1.95 bits per heavy atom. The minimum absolute atomic E-state index is 0.00151. The quantitative estimate of drug-likeness (QED) is 0.868. The van der Waals surface area contributed by atoms with Crippen LogP contribution < -0.4 is 5.73 Å². The molecule has 0 radical (unpaired) electrons. The molecule has 1 aromatic rings. The predicted molar refractivity (Wildman–Crippen MR) is 81.9 cm³/mol. The summed E-state index contributed by atoms with van der Waals surface area (Å²) in [5.41, 5.74) is 8.85. The van der Waals surface area contributed by atoms with Crippen molar-refractivity contribution in [3.63, 3.8) is 0 Å². The zero-order chi connectivity index (χ0) is 14.4. The van der Waals surface area contributed by atoms with E-state index >= 15 is 0 Å². The van der Waals surface area contributed by atoms with Crippen LogP contribution in [0.3, 0.4) is 0 Å². The number of benzene rings is 1. The van der Waals surface area contributed by atoms with Crippen LogP contribution in [0.25, 0.3) is 0 Å². The number of hydrogen-bond acceptors (Lipinski definition) is 3. The third kappa shape index (κ3) is 3.22. The summed E-state index contributed by atoms with van der Waals surface area (Å²) in [7, 11) is 3.44. The first-order valence-corrected chi connectivity index (χ1v) is 7.58. The highest BCUT2D eigenvalue weighted by molar-refractivity contribution is 5.32. The van der Waals surface area contributed by atoms with Gasteiger partial charge in [0, 0.05) is 26.2 Å². The topological polar surface area (TPSA) is 44.5 Å². The molecule has 1 fully saturated rings. The smallest absolute Gasteiger partial charge is 0.105 e. The van der Waals surface area contributed by atoms with Crippen molar-refractivity contribution >= 4 is 0 Å². The SMILES string of the molecule is COCC(OC)c1cccc(C2(CN)CCCCC2)c1. The second-order valence-corrected chi connectivity index (χ2v) is 5.85. The summed E-state index contributed by atoms with van der Waals surface area (Å²) in [5.74, 6) is 0. The summed E-state index contributed by atoms with van der Waals surface area (Å²) in [4.78, 5) is 0. The minimum Gasteiger partial charge on any atom is -0.382 e. The van der Waals surface area contributed by atoms with Gasteiger partial charge in [0.05, 0.1) is 6.61 Å². The molecule has 112 valence electrons. The lowest BCUT2D eigenvalue weighted by Gasteiger charge is -2.37. The van der Waals surface area contributed by atoms with Crippen LogP contribution >= 0.6 is 0 Å². The molecule has 0 saturated heterocycles. The fraction of sp³-hybridized carbons (Fsp3) is 0.647. The number of hydrogen-bond donors (Lipinski definition) is 1. The lowest BCUT2D eigenvalue weighted by molar-refractivity contribution is 0.0274. The van der Waals surface area contributed by atoms with Crippen LogP contribution in [0.1, 0.15) is 49.3 Å². The van der Waals surface area contributed by atoms with E-state index in [-0.39, 0.29) is 11.5 Å². The van der Waals surface area contributed by atoms with Gasteiger partial charge in [0.2, 0.25) is 0 Å². The van der Waals surface area contributed by atoms with Gasteiger partial charge in [-0.05, 0) is 24.0 Å². The van der Waals surface area contributed by atoms with E-state index in [0.717, 1.165) is 6.54 Å². The van der Waals surface area contributed by atoms with E-state index in [2.05, 4.69) is 24.3 Å². The molecule has 1 atom stereocenters. The van der Waals surface area contributed by atoms with Crippen LogP contribution in [0.15, 0.2) is 24.3 Å². The molecule has 0 heterocycles. The Morgan fingerprint density at radius 3 is 2.55 bits per heavy atom. The molecule has 1 aliphatic carbocycles. The first kappa shape index (κ1) is 15.5. The van der Waals surface area contributed by atoms with E-state index in [0.29, 0.717) is 6.61 Å². The molecule has 1 aliphatic rings. The molecular formula is C17H27NO2. The summed E-state index contributed by atoms with van der Waals surface area (Å²) in [5, 5.41) is 0. The molecular weight excluding hydrogens is 250 g/mol. The van der Waals surface area contributed by atoms with Crippen molar-refractivity contribution in [3.05, 3.63) is 35.4 Å². The van der Waals surface area contributed by atoms with Crippen molar-refractivity contribution < 1.29 is 9.47 Å².